The maximum atomic E-state index is 13.1. The third-order valence-electron chi connectivity index (χ3n) is 11.9. The zero-order valence-electron chi connectivity index (χ0n) is 42.0. The van der Waals surface area contributed by atoms with E-state index in [0.29, 0.717) is 38.4 Å². The number of nitrogens with zero attached hydrogens (tertiary/aromatic N) is 4. The maximum Gasteiger partial charge on any atom is 0.343 e. The lowest BCUT2D eigenvalue weighted by Crippen LogP contribution is -2.23. The van der Waals surface area contributed by atoms with Crippen LogP contribution in [0.5, 0.6) is 11.5 Å². The predicted octanol–water partition coefficient (Wildman–Crippen LogP) is 12.8. The number of hydrogen-bond acceptors (Lipinski definition) is 10. The first-order valence-electron chi connectivity index (χ1n) is 22.9. The highest BCUT2D eigenvalue weighted by molar-refractivity contribution is 7.89. The van der Waals surface area contributed by atoms with Crippen molar-refractivity contribution in [2.45, 2.75) is 63.2 Å². The Morgan fingerprint density at radius 3 is 1.44 bits per heavy atom. The van der Waals surface area contributed by atoms with Gasteiger partial charge in [-0.25, -0.2) is 35.0 Å². The lowest BCUT2D eigenvalue weighted by molar-refractivity contribution is 0.0693. The molecule has 2 N–H and O–H groups in total. The molecule has 2 aromatic heterocycles. The molecule has 0 saturated heterocycles. The normalized spacial score (nSPS) is 11.7. The van der Waals surface area contributed by atoms with Crippen molar-refractivity contribution in [3.8, 4) is 33.8 Å². The average Bonchev–Trinajstić information content (AvgIpc) is 3.33. The number of ether oxygens (including phenoxy) is 1. The molecule has 8 aromatic rings. The highest BCUT2D eigenvalue weighted by atomic mass is 35.5. The van der Waals surface area contributed by atoms with Gasteiger partial charge in [0.25, 0.3) is 0 Å². The summed E-state index contributed by atoms with van der Waals surface area (Å²) in [6, 6.07) is 34.6. The molecule has 0 aliphatic heterocycles. The summed E-state index contributed by atoms with van der Waals surface area (Å²) >= 11 is 12.7. The third kappa shape index (κ3) is 12.4. The average molecular weight is 1060 g/mol. The van der Waals surface area contributed by atoms with Crippen LogP contribution in [-0.4, -0.2) is 85.8 Å². The zero-order chi connectivity index (χ0) is 53.7. The van der Waals surface area contributed by atoms with Crippen LogP contribution in [0.4, 0.5) is 0 Å². The molecule has 2 heterocycles. The number of carboxylic acid groups (broad SMARTS) is 1. The van der Waals surface area contributed by atoms with Gasteiger partial charge in [0.05, 0.1) is 42.0 Å². The Labute approximate surface area is 436 Å². The van der Waals surface area contributed by atoms with Crippen molar-refractivity contribution >= 4 is 77.0 Å². The largest absolute Gasteiger partial charge is 0.508 e. The number of halogens is 2. The fourth-order valence-electron chi connectivity index (χ4n) is 7.86. The van der Waals surface area contributed by atoms with E-state index >= 15 is 0 Å². The summed E-state index contributed by atoms with van der Waals surface area (Å²) < 4.78 is 56.5. The van der Waals surface area contributed by atoms with Crippen LogP contribution in [-0.2, 0) is 20.0 Å². The van der Waals surface area contributed by atoms with E-state index in [9.17, 15) is 31.5 Å². The Morgan fingerprint density at radius 1 is 0.575 bits per heavy atom. The fraction of sp³-hybridized carbons (Fsp3) is 0.214. The van der Waals surface area contributed by atoms with Gasteiger partial charge in [-0.2, -0.15) is 0 Å². The molecule has 13 nitrogen and oxygen atoms in total. The lowest BCUT2D eigenvalue weighted by atomic mass is 9.91. The molecule has 17 heteroatoms. The number of aromatic nitrogens is 2. The summed E-state index contributed by atoms with van der Waals surface area (Å²) in [6.45, 7) is 11.8. The van der Waals surface area contributed by atoms with Crippen LogP contribution in [0.25, 0.3) is 44.1 Å². The van der Waals surface area contributed by atoms with E-state index in [1.54, 1.807) is 50.2 Å². The van der Waals surface area contributed by atoms with Gasteiger partial charge in [-0.15, -0.1) is 0 Å². The second-order valence-corrected chi connectivity index (χ2v) is 23.2. The van der Waals surface area contributed by atoms with Crippen LogP contribution >= 0.6 is 23.2 Å². The molecule has 0 spiro atoms. The number of phenolic OH excluding ortho intramolecular Hbond substituents is 1. The Morgan fingerprint density at radius 2 is 1.00 bits per heavy atom. The van der Waals surface area contributed by atoms with Crippen molar-refractivity contribution < 1.29 is 41.4 Å². The van der Waals surface area contributed by atoms with E-state index in [1.165, 1.54) is 58.5 Å². The standard InChI is InChI=1S/C28H27ClN2O4S.C18H16ClNO.C10H13NO4S/c1-17(2)24-16-30-27-22(10-7-11-25(27)29)26(24)19-8-6-9-20(14-19)35-28(32)23-15-21(13-12-18(23)3)36(33,34)31(4)5;1-11(2)15-10-20-18-14(7-4-8-16(18)19)17(15)12-5-3-6-13(21)9-12;1-7-4-5-8(6-9(7)10(12)13)16(14,15)11(2)3/h6-17H,1-5H3;3-11,21H,1-2H3;4-6H,1-3H3,(H,12,13). The molecular weight excluding hydrogens is 1010 g/mol. The summed E-state index contributed by atoms with van der Waals surface area (Å²) in [5.74, 6) is -0.626. The molecule has 73 heavy (non-hydrogen) atoms. The zero-order valence-corrected chi connectivity index (χ0v) is 45.1. The minimum atomic E-state index is -3.69. The van der Waals surface area contributed by atoms with Gasteiger partial charge in [0, 0.05) is 51.4 Å². The Hall–Kier alpha value is -6.72. The maximum absolute atomic E-state index is 13.1. The molecule has 0 amide bonds. The number of carbonyl (C=O) groups excluding carboxylic acids is 1. The van der Waals surface area contributed by atoms with Gasteiger partial charge in [0.1, 0.15) is 11.5 Å². The van der Waals surface area contributed by atoms with Crippen LogP contribution in [0.2, 0.25) is 10.0 Å². The highest BCUT2D eigenvalue weighted by Crippen LogP contribution is 2.40. The van der Waals surface area contributed by atoms with Crippen LogP contribution in [0.15, 0.2) is 144 Å². The van der Waals surface area contributed by atoms with Crippen molar-refractivity contribution in [2.75, 3.05) is 28.2 Å². The third-order valence-corrected chi connectivity index (χ3v) is 16.1. The number of rotatable bonds is 11. The molecule has 6 aromatic carbocycles. The first-order chi connectivity index (χ1) is 34.3. The molecule has 0 aliphatic rings. The van der Waals surface area contributed by atoms with Crippen molar-refractivity contribution in [2.24, 2.45) is 0 Å². The van der Waals surface area contributed by atoms with Gasteiger partial charge >= 0.3 is 11.9 Å². The van der Waals surface area contributed by atoms with Crippen molar-refractivity contribution in [3.05, 3.63) is 177 Å². The number of phenols is 1. The predicted molar refractivity (Wildman–Crippen MR) is 290 cm³/mol. The van der Waals surface area contributed by atoms with E-state index in [-0.39, 0.29) is 32.6 Å². The van der Waals surface area contributed by atoms with E-state index < -0.39 is 32.0 Å². The van der Waals surface area contributed by atoms with E-state index in [4.69, 9.17) is 33.0 Å². The van der Waals surface area contributed by atoms with Crippen LogP contribution < -0.4 is 4.74 Å². The molecule has 0 radical (unpaired) electrons. The van der Waals surface area contributed by atoms with Gasteiger partial charge < -0.3 is 14.9 Å². The molecule has 0 bridgehead atoms. The minimum absolute atomic E-state index is 0.00271. The van der Waals surface area contributed by atoms with Crippen LogP contribution in [0.3, 0.4) is 0 Å². The van der Waals surface area contributed by atoms with Crippen LogP contribution in [0, 0.1) is 13.8 Å². The van der Waals surface area contributed by atoms with E-state index in [2.05, 4.69) is 37.7 Å². The number of carboxylic acids is 1. The number of aryl methyl sites for hydroxylation is 2. The monoisotopic (exact) mass is 1060 g/mol. The fourth-order valence-corrected chi connectivity index (χ4v) is 10.2. The molecule has 8 rings (SSSR count). The van der Waals surface area contributed by atoms with E-state index in [1.807, 2.05) is 67.0 Å². The van der Waals surface area contributed by atoms with Gasteiger partial charge in [0.2, 0.25) is 20.0 Å². The molecule has 0 fully saturated rings. The Balaban J connectivity index is 0.000000198. The minimum Gasteiger partial charge on any atom is -0.508 e. The number of hydrogen-bond donors (Lipinski definition) is 2. The molecule has 0 atom stereocenters. The molecule has 380 valence electrons. The number of para-hydroxylation sites is 2. The number of carbonyl (C=O) groups is 2. The van der Waals surface area contributed by atoms with Gasteiger partial charge in [-0.05, 0) is 131 Å². The van der Waals surface area contributed by atoms with E-state index in [0.717, 1.165) is 58.3 Å². The first kappa shape index (κ1) is 55.6. The molecular formula is C56H56Cl2N4O9S2. The summed E-state index contributed by atoms with van der Waals surface area (Å²) in [5, 5.41) is 21.8. The lowest BCUT2D eigenvalue weighted by Gasteiger charge is -2.17. The second kappa shape index (κ2) is 23.0. The van der Waals surface area contributed by atoms with Gasteiger partial charge in [-0.3, -0.25) is 9.97 Å². The summed E-state index contributed by atoms with van der Waals surface area (Å²) in [7, 11) is -1.59. The number of esters is 1. The number of sulfonamides is 2. The Kier molecular flexibility index (Phi) is 17.5. The number of fused-ring (bicyclic) bond motifs is 2. The molecule has 0 unspecified atom stereocenters. The molecule has 0 saturated carbocycles. The number of pyridine rings is 2. The van der Waals surface area contributed by atoms with Crippen molar-refractivity contribution in [3.63, 3.8) is 0 Å². The summed E-state index contributed by atoms with van der Waals surface area (Å²) in [6.07, 6.45) is 3.73. The SMILES string of the molecule is CC(C)c1cnc2c(Cl)cccc2c1-c1cccc(O)c1.Cc1ccc(S(=O)(=O)N(C)C)cc1C(=O)O.Cc1ccc(S(=O)(=O)N(C)C)cc1C(=O)Oc1cccc(-c2c(C(C)C)cnc3c(Cl)cccc23)c1. The number of benzene rings is 6. The summed E-state index contributed by atoms with van der Waals surface area (Å²) in [4.78, 5) is 33.1. The number of aromatic hydroxyl groups is 1. The van der Waals surface area contributed by atoms with Crippen molar-refractivity contribution in [1.82, 2.24) is 18.6 Å². The summed E-state index contributed by atoms with van der Waals surface area (Å²) in [5.41, 5.74) is 8.94. The smallest absolute Gasteiger partial charge is 0.343 e. The van der Waals surface area contributed by atoms with Gasteiger partial charge in [0.15, 0.2) is 0 Å². The second-order valence-electron chi connectivity index (χ2n) is 18.1. The Bertz CT molecular complexity index is 3620. The number of aromatic carboxylic acids is 1. The molecule has 0 aliphatic carbocycles. The topological polar surface area (TPSA) is 184 Å². The van der Waals surface area contributed by atoms with Gasteiger partial charge in [-0.1, -0.05) is 112 Å². The quantitative estimate of drug-likeness (QED) is 0.0928. The highest BCUT2D eigenvalue weighted by Gasteiger charge is 2.23. The van der Waals surface area contributed by atoms with Crippen LogP contribution in [0.1, 0.15) is 82.5 Å². The first-order valence-corrected chi connectivity index (χ1v) is 26.5. The van der Waals surface area contributed by atoms with Crippen molar-refractivity contribution in [1.29, 1.82) is 0 Å².